The third-order valence-corrected chi connectivity index (χ3v) is 2.61. The van der Waals surface area contributed by atoms with Crippen LogP contribution in [0.4, 0.5) is 27.6 Å². The molecular formula is C12H5F5N2O2. The lowest BCUT2D eigenvalue weighted by molar-refractivity contribution is 0.0696. The van der Waals surface area contributed by atoms with Crippen LogP contribution in [-0.4, -0.2) is 16.1 Å². The fourth-order valence-corrected chi connectivity index (χ4v) is 1.62. The van der Waals surface area contributed by atoms with Gasteiger partial charge in [0.25, 0.3) is 0 Å². The molecule has 1 aromatic carbocycles. The maximum absolute atomic E-state index is 13.6. The van der Waals surface area contributed by atoms with Crippen molar-refractivity contribution in [3.63, 3.8) is 0 Å². The topological polar surface area (TPSA) is 76.2 Å². The number of benzene rings is 1. The van der Waals surface area contributed by atoms with Gasteiger partial charge >= 0.3 is 5.97 Å². The van der Waals surface area contributed by atoms with E-state index in [1.807, 2.05) is 0 Å². The number of anilines is 1. The normalized spacial score (nSPS) is 10.7. The van der Waals surface area contributed by atoms with Crippen LogP contribution in [0.3, 0.4) is 0 Å². The number of nitrogens with zero attached hydrogens (tertiary/aromatic N) is 1. The Hall–Kier alpha value is -2.71. The highest BCUT2D eigenvalue weighted by atomic mass is 19.2. The van der Waals surface area contributed by atoms with E-state index in [-0.39, 0.29) is 0 Å². The summed E-state index contributed by atoms with van der Waals surface area (Å²) in [5, 5.41) is 8.69. The second-order valence-corrected chi connectivity index (χ2v) is 3.91. The highest BCUT2D eigenvalue weighted by Crippen LogP contribution is 2.33. The average Bonchev–Trinajstić information content (AvgIpc) is 2.44. The van der Waals surface area contributed by atoms with Crippen molar-refractivity contribution in [2.24, 2.45) is 0 Å². The number of rotatable bonds is 2. The first-order chi connectivity index (χ1) is 9.75. The van der Waals surface area contributed by atoms with Gasteiger partial charge in [0.05, 0.1) is 22.5 Å². The number of nitrogen functional groups attached to an aromatic ring is 1. The Kier molecular flexibility index (Phi) is 3.50. The zero-order chi connectivity index (χ0) is 15.9. The summed E-state index contributed by atoms with van der Waals surface area (Å²) in [6.07, 6.45) is 0.687. The first kappa shape index (κ1) is 14.7. The maximum Gasteiger partial charge on any atom is 0.337 e. The van der Waals surface area contributed by atoms with Crippen LogP contribution in [0.1, 0.15) is 10.4 Å². The smallest absolute Gasteiger partial charge is 0.337 e. The second-order valence-electron chi connectivity index (χ2n) is 3.91. The second kappa shape index (κ2) is 5.00. The molecule has 0 saturated heterocycles. The molecule has 1 heterocycles. The largest absolute Gasteiger partial charge is 0.478 e. The molecule has 2 rings (SSSR count). The van der Waals surface area contributed by atoms with Gasteiger partial charge < -0.3 is 10.8 Å². The molecule has 0 spiro atoms. The lowest BCUT2D eigenvalue weighted by Gasteiger charge is -2.10. The third kappa shape index (κ3) is 2.26. The first-order valence-corrected chi connectivity index (χ1v) is 5.26. The van der Waals surface area contributed by atoms with E-state index in [9.17, 15) is 26.7 Å². The van der Waals surface area contributed by atoms with E-state index in [1.165, 1.54) is 0 Å². The van der Waals surface area contributed by atoms with Gasteiger partial charge in [0, 0.05) is 6.20 Å². The van der Waals surface area contributed by atoms with Gasteiger partial charge in [-0.1, -0.05) is 0 Å². The van der Waals surface area contributed by atoms with Gasteiger partial charge in [-0.05, 0) is 6.07 Å². The molecule has 0 atom stereocenters. The van der Waals surface area contributed by atoms with Crippen LogP contribution in [0, 0.1) is 29.1 Å². The highest BCUT2D eigenvalue weighted by Gasteiger charge is 2.28. The van der Waals surface area contributed by atoms with Crippen molar-refractivity contribution in [1.29, 1.82) is 0 Å². The van der Waals surface area contributed by atoms with E-state index in [4.69, 9.17) is 10.8 Å². The van der Waals surface area contributed by atoms with Crippen molar-refractivity contribution < 1.29 is 31.9 Å². The van der Waals surface area contributed by atoms with Crippen LogP contribution in [0.2, 0.25) is 0 Å². The summed E-state index contributed by atoms with van der Waals surface area (Å²) < 4.78 is 66.3. The van der Waals surface area contributed by atoms with Crippen LogP contribution < -0.4 is 5.73 Å². The minimum Gasteiger partial charge on any atom is -0.478 e. The molecule has 9 heteroatoms. The van der Waals surface area contributed by atoms with Gasteiger partial charge in [-0.25, -0.2) is 26.7 Å². The number of aromatic carboxylic acids is 1. The molecule has 0 radical (unpaired) electrons. The summed E-state index contributed by atoms with van der Waals surface area (Å²) in [5.74, 6) is -12.2. The van der Waals surface area contributed by atoms with Gasteiger partial charge in [-0.3, -0.25) is 4.98 Å². The van der Waals surface area contributed by atoms with Crippen LogP contribution in [0.25, 0.3) is 11.3 Å². The molecule has 110 valence electrons. The molecule has 0 bridgehead atoms. The summed E-state index contributed by atoms with van der Waals surface area (Å²) in [6.45, 7) is 0. The number of hydrogen-bond donors (Lipinski definition) is 2. The number of hydrogen-bond acceptors (Lipinski definition) is 3. The van der Waals surface area contributed by atoms with Crippen molar-refractivity contribution >= 4 is 11.7 Å². The summed E-state index contributed by atoms with van der Waals surface area (Å²) >= 11 is 0. The summed E-state index contributed by atoms with van der Waals surface area (Å²) in [4.78, 5) is 14.0. The van der Waals surface area contributed by atoms with Gasteiger partial charge in [-0.2, -0.15) is 0 Å². The molecule has 0 unspecified atom stereocenters. The predicted octanol–water partition coefficient (Wildman–Crippen LogP) is 2.72. The summed E-state index contributed by atoms with van der Waals surface area (Å²) in [6, 6.07) is 0.794. The zero-order valence-electron chi connectivity index (χ0n) is 9.92. The van der Waals surface area contributed by atoms with Crippen molar-refractivity contribution in [3.8, 4) is 11.3 Å². The Balaban J connectivity index is 2.77. The predicted molar refractivity (Wildman–Crippen MR) is 60.8 cm³/mol. The standard InChI is InChI=1S/C12H5F5N2O2/c13-6-5(7(14)9(16)10(17)8(6)15)11-4(18)1-3(2-19-11)12(20)21/h1-2H,18H2,(H,20,21). The molecule has 1 aromatic heterocycles. The van der Waals surface area contributed by atoms with Crippen LogP contribution >= 0.6 is 0 Å². The molecule has 3 N–H and O–H groups in total. The van der Waals surface area contributed by atoms with Crippen LogP contribution in [0.15, 0.2) is 12.3 Å². The van der Waals surface area contributed by atoms with E-state index in [0.29, 0.717) is 6.20 Å². The minimum absolute atomic E-state index is 0.403. The quantitative estimate of drug-likeness (QED) is 0.508. The zero-order valence-corrected chi connectivity index (χ0v) is 9.92. The Morgan fingerprint density at radius 1 is 1.00 bits per heavy atom. The first-order valence-electron chi connectivity index (χ1n) is 5.26. The van der Waals surface area contributed by atoms with E-state index in [0.717, 1.165) is 6.07 Å². The summed E-state index contributed by atoms with van der Waals surface area (Å²) in [7, 11) is 0. The molecule has 0 amide bonds. The third-order valence-electron chi connectivity index (χ3n) is 2.61. The minimum atomic E-state index is -2.31. The van der Waals surface area contributed by atoms with Crippen molar-refractivity contribution in [2.75, 3.05) is 5.73 Å². The van der Waals surface area contributed by atoms with Gasteiger partial charge in [0.15, 0.2) is 23.3 Å². The molecular weight excluding hydrogens is 299 g/mol. The van der Waals surface area contributed by atoms with E-state index in [2.05, 4.69) is 4.98 Å². The molecule has 21 heavy (non-hydrogen) atoms. The fourth-order valence-electron chi connectivity index (χ4n) is 1.62. The van der Waals surface area contributed by atoms with Gasteiger partial charge in [0.2, 0.25) is 5.82 Å². The van der Waals surface area contributed by atoms with Gasteiger partial charge in [-0.15, -0.1) is 0 Å². The van der Waals surface area contributed by atoms with Crippen molar-refractivity contribution in [1.82, 2.24) is 4.98 Å². The lowest BCUT2D eigenvalue weighted by Crippen LogP contribution is -2.08. The highest BCUT2D eigenvalue weighted by molar-refractivity contribution is 5.90. The lowest BCUT2D eigenvalue weighted by atomic mass is 10.1. The summed E-state index contributed by atoms with van der Waals surface area (Å²) in [5.41, 5.74) is 2.36. The molecule has 0 aliphatic heterocycles. The number of carbonyl (C=O) groups is 1. The number of pyridine rings is 1. The van der Waals surface area contributed by atoms with E-state index in [1.54, 1.807) is 0 Å². The Morgan fingerprint density at radius 2 is 1.48 bits per heavy atom. The van der Waals surface area contributed by atoms with E-state index < -0.39 is 57.6 Å². The van der Waals surface area contributed by atoms with Crippen LogP contribution in [0.5, 0.6) is 0 Å². The number of carboxylic acids is 1. The molecule has 2 aromatic rings. The SMILES string of the molecule is Nc1cc(C(=O)O)cnc1-c1c(F)c(F)c(F)c(F)c1F. The Morgan fingerprint density at radius 3 is 1.90 bits per heavy atom. The molecule has 4 nitrogen and oxygen atoms in total. The number of carboxylic acid groups (broad SMARTS) is 1. The number of aromatic nitrogens is 1. The maximum atomic E-state index is 13.6. The van der Waals surface area contributed by atoms with Crippen LogP contribution in [-0.2, 0) is 0 Å². The molecule has 0 aliphatic rings. The Bertz CT molecular complexity index is 735. The average molecular weight is 304 g/mol. The van der Waals surface area contributed by atoms with Crippen molar-refractivity contribution in [2.45, 2.75) is 0 Å². The molecule has 0 saturated carbocycles. The monoisotopic (exact) mass is 304 g/mol. The Labute approximate surface area is 113 Å². The number of halogens is 5. The van der Waals surface area contributed by atoms with E-state index >= 15 is 0 Å². The molecule has 0 aliphatic carbocycles. The van der Waals surface area contributed by atoms with Gasteiger partial charge in [0.1, 0.15) is 0 Å². The molecule has 0 fully saturated rings. The number of nitrogens with two attached hydrogens (primary N) is 1. The fraction of sp³-hybridized carbons (Fsp3) is 0. The van der Waals surface area contributed by atoms with Crippen molar-refractivity contribution in [3.05, 3.63) is 46.9 Å².